The van der Waals surface area contributed by atoms with Crippen LogP contribution in [0.5, 0.6) is 0 Å². The molecule has 0 aliphatic carbocycles. The van der Waals surface area contributed by atoms with E-state index in [9.17, 15) is 9.59 Å². The standard InChI is InChI=1S/C15H15ClIN3O2/c1-2-3-8-20-14(21)7-6-13(19-20)15(22)18-12-5-4-10(17)9-11(12)16/h4-7,9H,2-3,8H2,1H3,(H,18,22). The average Bonchev–Trinajstić information content (AvgIpc) is 2.49. The van der Waals surface area contributed by atoms with Gasteiger partial charge in [-0.2, -0.15) is 5.10 Å². The second-order valence-electron chi connectivity index (χ2n) is 4.71. The van der Waals surface area contributed by atoms with Gasteiger partial charge in [-0.05, 0) is 53.3 Å². The molecular weight excluding hydrogens is 417 g/mol. The molecule has 116 valence electrons. The topological polar surface area (TPSA) is 64.0 Å². The summed E-state index contributed by atoms with van der Waals surface area (Å²) in [6.45, 7) is 2.53. The zero-order valence-electron chi connectivity index (χ0n) is 12.0. The molecule has 0 bridgehead atoms. The molecule has 7 heteroatoms. The third kappa shape index (κ3) is 4.30. The van der Waals surface area contributed by atoms with Crippen molar-refractivity contribution in [2.24, 2.45) is 0 Å². The summed E-state index contributed by atoms with van der Waals surface area (Å²) in [5.41, 5.74) is 0.489. The molecule has 5 nitrogen and oxygen atoms in total. The van der Waals surface area contributed by atoms with Crippen molar-refractivity contribution in [2.45, 2.75) is 26.3 Å². The van der Waals surface area contributed by atoms with Crippen LogP contribution in [0, 0.1) is 3.57 Å². The lowest BCUT2D eigenvalue weighted by Gasteiger charge is -2.09. The number of nitrogens with zero attached hydrogens (tertiary/aromatic N) is 2. The second kappa shape index (κ2) is 7.73. The Hall–Kier alpha value is -1.41. The summed E-state index contributed by atoms with van der Waals surface area (Å²) in [5, 5.41) is 7.26. The third-order valence-corrected chi connectivity index (χ3v) is 3.99. The molecule has 2 aromatic rings. The highest BCUT2D eigenvalue weighted by Crippen LogP contribution is 2.24. The Morgan fingerprint density at radius 1 is 1.36 bits per heavy atom. The van der Waals surface area contributed by atoms with Crippen molar-refractivity contribution in [3.8, 4) is 0 Å². The maximum absolute atomic E-state index is 12.2. The number of unbranched alkanes of at least 4 members (excludes halogenated alkanes) is 1. The van der Waals surface area contributed by atoms with Gasteiger partial charge in [0, 0.05) is 16.2 Å². The Morgan fingerprint density at radius 2 is 2.14 bits per heavy atom. The van der Waals surface area contributed by atoms with Crippen LogP contribution in [-0.4, -0.2) is 15.7 Å². The summed E-state index contributed by atoms with van der Waals surface area (Å²) in [4.78, 5) is 23.9. The Labute approximate surface area is 146 Å². The van der Waals surface area contributed by atoms with Crippen LogP contribution in [0.1, 0.15) is 30.3 Å². The van der Waals surface area contributed by atoms with Gasteiger partial charge in [0.15, 0.2) is 0 Å². The third-order valence-electron chi connectivity index (χ3n) is 3.00. The molecule has 0 atom stereocenters. The summed E-state index contributed by atoms with van der Waals surface area (Å²) in [6.07, 6.45) is 1.78. The molecule has 0 unspecified atom stereocenters. The molecule has 0 aliphatic rings. The van der Waals surface area contributed by atoms with Crippen molar-refractivity contribution >= 4 is 45.8 Å². The van der Waals surface area contributed by atoms with E-state index in [2.05, 4.69) is 33.0 Å². The van der Waals surface area contributed by atoms with E-state index in [1.807, 2.05) is 13.0 Å². The maximum Gasteiger partial charge on any atom is 0.276 e. The second-order valence-corrected chi connectivity index (χ2v) is 6.36. The molecule has 0 radical (unpaired) electrons. The van der Waals surface area contributed by atoms with Crippen molar-refractivity contribution in [3.63, 3.8) is 0 Å². The minimum atomic E-state index is -0.395. The quantitative estimate of drug-likeness (QED) is 0.737. The molecule has 1 aromatic heterocycles. The van der Waals surface area contributed by atoms with E-state index in [0.717, 1.165) is 16.4 Å². The molecule has 22 heavy (non-hydrogen) atoms. The van der Waals surface area contributed by atoms with Gasteiger partial charge in [0.05, 0.1) is 10.7 Å². The van der Waals surface area contributed by atoms with Crippen LogP contribution in [0.4, 0.5) is 5.69 Å². The first-order valence-corrected chi connectivity index (χ1v) is 8.31. The fourth-order valence-electron chi connectivity index (χ4n) is 1.82. The van der Waals surface area contributed by atoms with Crippen LogP contribution in [0.3, 0.4) is 0 Å². The lowest BCUT2D eigenvalue weighted by Crippen LogP contribution is -2.26. The molecule has 0 saturated carbocycles. The first kappa shape index (κ1) is 17.0. The first-order valence-electron chi connectivity index (χ1n) is 6.86. The summed E-state index contributed by atoms with van der Waals surface area (Å²) in [6, 6.07) is 8.11. The van der Waals surface area contributed by atoms with E-state index in [4.69, 9.17) is 11.6 Å². The lowest BCUT2D eigenvalue weighted by molar-refractivity contribution is 0.101. The van der Waals surface area contributed by atoms with Gasteiger partial charge in [-0.1, -0.05) is 24.9 Å². The van der Waals surface area contributed by atoms with Crippen LogP contribution in [0.15, 0.2) is 35.1 Å². The lowest BCUT2D eigenvalue weighted by atomic mass is 10.3. The molecule has 0 saturated heterocycles. The predicted octanol–water partition coefficient (Wildman–Crippen LogP) is 3.55. The molecule has 1 amide bonds. The SMILES string of the molecule is CCCCn1nc(C(=O)Nc2ccc(I)cc2Cl)ccc1=O. The number of nitrogens with one attached hydrogen (secondary N) is 1. The van der Waals surface area contributed by atoms with Gasteiger partial charge >= 0.3 is 0 Å². The van der Waals surface area contributed by atoms with Gasteiger partial charge < -0.3 is 5.32 Å². The van der Waals surface area contributed by atoms with Crippen LogP contribution >= 0.6 is 34.2 Å². The van der Waals surface area contributed by atoms with Crippen molar-refractivity contribution in [3.05, 3.63) is 55.0 Å². The number of anilines is 1. The summed E-state index contributed by atoms with van der Waals surface area (Å²) in [5.74, 6) is -0.395. The summed E-state index contributed by atoms with van der Waals surface area (Å²) >= 11 is 8.23. The minimum absolute atomic E-state index is 0.185. The number of carbonyl (C=O) groups is 1. The van der Waals surface area contributed by atoms with E-state index in [1.165, 1.54) is 16.8 Å². The number of carbonyl (C=O) groups excluding carboxylic acids is 1. The van der Waals surface area contributed by atoms with Gasteiger partial charge in [-0.3, -0.25) is 9.59 Å². The highest BCUT2D eigenvalue weighted by Gasteiger charge is 2.12. The molecular formula is C15H15ClIN3O2. The Balaban J connectivity index is 2.20. The van der Waals surface area contributed by atoms with Gasteiger partial charge in [0.25, 0.3) is 11.5 Å². The molecule has 0 fully saturated rings. The van der Waals surface area contributed by atoms with E-state index < -0.39 is 5.91 Å². The maximum atomic E-state index is 12.2. The monoisotopic (exact) mass is 431 g/mol. The van der Waals surface area contributed by atoms with Crippen molar-refractivity contribution in [2.75, 3.05) is 5.32 Å². The van der Waals surface area contributed by atoms with E-state index in [0.29, 0.717) is 17.3 Å². The van der Waals surface area contributed by atoms with E-state index >= 15 is 0 Å². The van der Waals surface area contributed by atoms with Crippen LogP contribution in [0.25, 0.3) is 0 Å². The number of amides is 1. The number of rotatable bonds is 5. The van der Waals surface area contributed by atoms with Crippen molar-refractivity contribution in [1.29, 1.82) is 0 Å². The zero-order valence-corrected chi connectivity index (χ0v) is 14.9. The van der Waals surface area contributed by atoms with Gasteiger partial charge in [0.1, 0.15) is 5.69 Å². The fourth-order valence-corrected chi connectivity index (χ4v) is 2.72. The highest BCUT2D eigenvalue weighted by molar-refractivity contribution is 14.1. The highest BCUT2D eigenvalue weighted by atomic mass is 127. The Morgan fingerprint density at radius 3 is 2.82 bits per heavy atom. The molecule has 0 spiro atoms. The predicted molar refractivity (Wildman–Crippen MR) is 95.5 cm³/mol. The number of aromatic nitrogens is 2. The minimum Gasteiger partial charge on any atom is -0.319 e. The molecule has 0 aliphatic heterocycles. The normalized spacial score (nSPS) is 10.5. The van der Waals surface area contributed by atoms with Gasteiger partial charge in [-0.25, -0.2) is 4.68 Å². The Bertz CT molecular complexity index is 746. The van der Waals surface area contributed by atoms with Crippen LogP contribution in [-0.2, 0) is 6.54 Å². The summed E-state index contributed by atoms with van der Waals surface area (Å²) < 4.78 is 2.29. The number of hydrogen-bond donors (Lipinski definition) is 1. The summed E-state index contributed by atoms with van der Waals surface area (Å²) in [7, 11) is 0. The number of hydrogen-bond acceptors (Lipinski definition) is 3. The molecule has 1 heterocycles. The van der Waals surface area contributed by atoms with Crippen LogP contribution < -0.4 is 10.9 Å². The smallest absolute Gasteiger partial charge is 0.276 e. The van der Waals surface area contributed by atoms with Gasteiger partial charge in [-0.15, -0.1) is 0 Å². The molecule has 1 aromatic carbocycles. The Kier molecular flexibility index (Phi) is 5.96. The van der Waals surface area contributed by atoms with E-state index in [-0.39, 0.29) is 11.3 Å². The van der Waals surface area contributed by atoms with Crippen molar-refractivity contribution in [1.82, 2.24) is 9.78 Å². The fraction of sp³-hybridized carbons (Fsp3) is 0.267. The number of aryl methyl sites for hydroxylation is 1. The zero-order chi connectivity index (χ0) is 16.1. The number of halogens is 2. The number of benzene rings is 1. The van der Waals surface area contributed by atoms with Gasteiger partial charge in [0.2, 0.25) is 0 Å². The largest absolute Gasteiger partial charge is 0.319 e. The first-order chi connectivity index (χ1) is 10.5. The van der Waals surface area contributed by atoms with Crippen molar-refractivity contribution < 1.29 is 4.79 Å². The van der Waals surface area contributed by atoms with E-state index in [1.54, 1.807) is 12.1 Å². The average molecular weight is 432 g/mol. The molecule has 2 rings (SSSR count). The molecule has 1 N–H and O–H groups in total. The van der Waals surface area contributed by atoms with Crippen LogP contribution in [0.2, 0.25) is 5.02 Å².